The molecule has 0 fully saturated rings. The van der Waals surface area contributed by atoms with Gasteiger partial charge in [-0.15, -0.1) is 0 Å². The van der Waals surface area contributed by atoms with Gasteiger partial charge in [-0.25, -0.2) is 0 Å². The van der Waals surface area contributed by atoms with Gasteiger partial charge in [0.1, 0.15) is 13.2 Å². The monoisotopic (exact) mass is 388 g/mol. The third-order valence-electron chi connectivity index (χ3n) is 4.23. The lowest BCUT2D eigenvalue weighted by Gasteiger charge is -2.18. The maximum absolute atomic E-state index is 12.7. The summed E-state index contributed by atoms with van der Waals surface area (Å²) in [5.74, 6) is 0.933. The number of fused-ring (bicyclic) bond motifs is 2. The van der Waals surface area contributed by atoms with Crippen LogP contribution in [0.5, 0.6) is 11.5 Å². The Morgan fingerprint density at radius 3 is 2.77 bits per heavy atom. The summed E-state index contributed by atoms with van der Waals surface area (Å²) < 4.78 is 14.1. The number of halogens is 1. The number of rotatable bonds is 2. The van der Waals surface area contributed by atoms with Gasteiger partial charge in [0.15, 0.2) is 16.3 Å². The van der Waals surface area contributed by atoms with E-state index in [-0.39, 0.29) is 5.91 Å². The Hall–Kier alpha value is -2.31. The lowest BCUT2D eigenvalue weighted by molar-refractivity contribution is 0.0996. The van der Waals surface area contributed by atoms with Gasteiger partial charge >= 0.3 is 0 Å². The Labute approximate surface area is 159 Å². The van der Waals surface area contributed by atoms with Crippen LogP contribution in [-0.4, -0.2) is 23.7 Å². The van der Waals surface area contributed by atoms with Crippen molar-refractivity contribution in [2.75, 3.05) is 13.2 Å². The van der Waals surface area contributed by atoms with Crippen molar-refractivity contribution in [2.45, 2.75) is 20.4 Å². The van der Waals surface area contributed by atoms with Crippen LogP contribution in [0.2, 0.25) is 5.02 Å². The number of hydrogen-bond donors (Lipinski definition) is 0. The molecule has 2 heterocycles. The van der Waals surface area contributed by atoms with Crippen molar-refractivity contribution in [3.05, 3.63) is 51.3 Å². The van der Waals surface area contributed by atoms with Crippen molar-refractivity contribution in [3.8, 4) is 11.5 Å². The van der Waals surface area contributed by atoms with Gasteiger partial charge in [0, 0.05) is 17.1 Å². The molecule has 26 heavy (non-hydrogen) atoms. The van der Waals surface area contributed by atoms with Crippen molar-refractivity contribution < 1.29 is 14.3 Å². The number of aryl methyl sites for hydroxylation is 2. The molecular formula is C19H17ClN2O3S. The molecule has 1 amide bonds. The Morgan fingerprint density at radius 1 is 1.23 bits per heavy atom. The average molecular weight is 389 g/mol. The lowest BCUT2D eigenvalue weighted by Crippen LogP contribution is -2.17. The highest BCUT2D eigenvalue weighted by Crippen LogP contribution is 2.31. The molecule has 0 atom stereocenters. The molecule has 1 aliphatic heterocycles. The van der Waals surface area contributed by atoms with Crippen LogP contribution in [0.3, 0.4) is 0 Å². The first-order chi connectivity index (χ1) is 12.6. The van der Waals surface area contributed by atoms with Crippen molar-refractivity contribution >= 4 is 39.1 Å². The second-order valence-corrected chi connectivity index (χ2v) is 7.42. The van der Waals surface area contributed by atoms with Gasteiger partial charge < -0.3 is 14.0 Å². The second kappa shape index (κ2) is 6.78. The third kappa shape index (κ3) is 2.99. The minimum atomic E-state index is -0.306. The van der Waals surface area contributed by atoms with Crippen LogP contribution in [0.25, 0.3) is 10.2 Å². The standard InChI is InChI=1S/C19H17ClN2O3S/c1-3-22-17-11(2)8-13(20)10-16(17)26-19(22)21-18(23)12-4-5-14-15(9-12)25-7-6-24-14/h4-5,8-10H,3,6-7H2,1-2H3. The Morgan fingerprint density at radius 2 is 2.00 bits per heavy atom. The molecular weight excluding hydrogens is 372 g/mol. The Balaban J connectivity index is 1.81. The summed E-state index contributed by atoms with van der Waals surface area (Å²) in [6, 6.07) is 8.99. The molecule has 1 aliphatic rings. The van der Waals surface area contributed by atoms with E-state index in [4.69, 9.17) is 21.1 Å². The summed E-state index contributed by atoms with van der Waals surface area (Å²) in [5, 5.41) is 0.684. The maximum atomic E-state index is 12.7. The SMILES string of the molecule is CCn1c(=NC(=O)c2ccc3c(c2)OCCO3)sc2cc(Cl)cc(C)c21. The zero-order valence-electron chi connectivity index (χ0n) is 14.4. The minimum absolute atomic E-state index is 0.306. The summed E-state index contributed by atoms with van der Waals surface area (Å²) in [6.07, 6.45) is 0. The van der Waals surface area contributed by atoms with Crippen LogP contribution >= 0.6 is 22.9 Å². The van der Waals surface area contributed by atoms with Gasteiger partial charge in [-0.1, -0.05) is 22.9 Å². The second-order valence-electron chi connectivity index (χ2n) is 5.97. The topological polar surface area (TPSA) is 52.8 Å². The molecule has 0 unspecified atom stereocenters. The molecule has 4 rings (SSSR count). The highest BCUT2D eigenvalue weighted by atomic mass is 35.5. The van der Waals surface area contributed by atoms with Gasteiger partial charge in [0.25, 0.3) is 5.91 Å². The molecule has 7 heteroatoms. The number of benzene rings is 2. The summed E-state index contributed by atoms with van der Waals surface area (Å²) in [6.45, 7) is 5.77. The minimum Gasteiger partial charge on any atom is -0.486 e. The quantitative estimate of drug-likeness (QED) is 0.661. The van der Waals surface area contributed by atoms with E-state index in [9.17, 15) is 4.79 Å². The number of carbonyl (C=O) groups excluding carboxylic acids is 1. The molecule has 0 saturated carbocycles. The van der Waals surface area contributed by atoms with Crippen LogP contribution in [0, 0.1) is 6.92 Å². The average Bonchev–Trinajstić information content (AvgIpc) is 2.98. The summed E-state index contributed by atoms with van der Waals surface area (Å²) in [4.78, 5) is 17.7. The number of nitrogens with zero attached hydrogens (tertiary/aromatic N) is 2. The summed E-state index contributed by atoms with van der Waals surface area (Å²) in [7, 11) is 0. The van der Waals surface area contributed by atoms with Gasteiger partial charge in [-0.2, -0.15) is 4.99 Å². The van der Waals surface area contributed by atoms with Crippen LogP contribution in [0.1, 0.15) is 22.8 Å². The smallest absolute Gasteiger partial charge is 0.279 e. The molecule has 0 saturated heterocycles. The first kappa shape index (κ1) is 17.1. The zero-order valence-corrected chi connectivity index (χ0v) is 16.0. The van der Waals surface area contributed by atoms with Crippen molar-refractivity contribution in [1.29, 1.82) is 0 Å². The summed E-state index contributed by atoms with van der Waals surface area (Å²) >= 11 is 7.64. The number of carbonyl (C=O) groups is 1. The van der Waals surface area contributed by atoms with Crippen LogP contribution in [0.4, 0.5) is 0 Å². The van der Waals surface area contributed by atoms with Gasteiger partial charge in [0.2, 0.25) is 0 Å². The fourth-order valence-corrected chi connectivity index (χ4v) is 4.63. The number of aromatic nitrogens is 1. The van der Waals surface area contributed by atoms with E-state index in [1.807, 2.05) is 30.5 Å². The number of ether oxygens (including phenoxy) is 2. The fourth-order valence-electron chi connectivity index (χ4n) is 3.08. The van der Waals surface area contributed by atoms with Gasteiger partial charge in [0.05, 0.1) is 10.2 Å². The highest BCUT2D eigenvalue weighted by molar-refractivity contribution is 7.16. The predicted octanol–water partition coefficient (Wildman–Crippen LogP) is 4.20. The van der Waals surface area contributed by atoms with Gasteiger partial charge in [-0.3, -0.25) is 4.79 Å². The van der Waals surface area contributed by atoms with E-state index >= 15 is 0 Å². The van der Waals surface area contributed by atoms with E-state index in [2.05, 4.69) is 4.99 Å². The van der Waals surface area contributed by atoms with E-state index in [1.165, 1.54) is 11.3 Å². The molecule has 5 nitrogen and oxygen atoms in total. The Kier molecular flexibility index (Phi) is 4.46. The van der Waals surface area contributed by atoms with Crippen LogP contribution in [0.15, 0.2) is 35.3 Å². The first-order valence-electron chi connectivity index (χ1n) is 8.35. The van der Waals surface area contributed by atoms with Crippen molar-refractivity contribution in [2.24, 2.45) is 4.99 Å². The molecule has 0 N–H and O–H groups in total. The number of thiazole rings is 1. The van der Waals surface area contributed by atoms with E-state index in [0.717, 1.165) is 22.3 Å². The van der Waals surface area contributed by atoms with Crippen molar-refractivity contribution in [3.63, 3.8) is 0 Å². The zero-order chi connectivity index (χ0) is 18.3. The largest absolute Gasteiger partial charge is 0.486 e. The molecule has 3 aromatic rings. The molecule has 0 radical (unpaired) electrons. The normalized spacial score (nSPS) is 14.0. The Bertz CT molecular complexity index is 1080. The fraction of sp³-hybridized carbons (Fsp3) is 0.263. The number of hydrogen-bond acceptors (Lipinski definition) is 4. The lowest BCUT2D eigenvalue weighted by atomic mass is 10.2. The molecule has 0 aliphatic carbocycles. The predicted molar refractivity (Wildman–Crippen MR) is 103 cm³/mol. The van der Waals surface area contributed by atoms with Gasteiger partial charge in [-0.05, 0) is 49.7 Å². The third-order valence-corrected chi connectivity index (χ3v) is 5.48. The molecule has 0 spiro atoms. The molecule has 0 bridgehead atoms. The van der Waals surface area contributed by atoms with E-state index in [1.54, 1.807) is 18.2 Å². The summed E-state index contributed by atoms with van der Waals surface area (Å²) in [5.41, 5.74) is 2.61. The first-order valence-corrected chi connectivity index (χ1v) is 9.54. The van der Waals surface area contributed by atoms with Crippen LogP contribution < -0.4 is 14.3 Å². The van der Waals surface area contributed by atoms with E-state index < -0.39 is 0 Å². The van der Waals surface area contributed by atoms with E-state index in [0.29, 0.717) is 40.1 Å². The maximum Gasteiger partial charge on any atom is 0.279 e. The van der Waals surface area contributed by atoms with Crippen LogP contribution in [-0.2, 0) is 6.54 Å². The molecule has 134 valence electrons. The van der Waals surface area contributed by atoms with Crippen molar-refractivity contribution in [1.82, 2.24) is 4.57 Å². The molecule has 2 aromatic carbocycles. The number of amides is 1. The molecule has 1 aromatic heterocycles. The highest BCUT2D eigenvalue weighted by Gasteiger charge is 2.16.